The summed E-state index contributed by atoms with van der Waals surface area (Å²) in [5.41, 5.74) is 1.18. The Bertz CT molecular complexity index is 1790. The molecule has 3 atom stereocenters. The van der Waals surface area contributed by atoms with Crippen molar-refractivity contribution in [3.8, 4) is 6.07 Å². The van der Waals surface area contributed by atoms with Gasteiger partial charge in [-0.15, -0.1) is 0 Å². The highest BCUT2D eigenvalue weighted by Crippen LogP contribution is 2.39. The lowest BCUT2D eigenvalue weighted by Crippen LogP contribution is -2.51. The molecule has 2 aliphatic rings. The molecule has 3 N–H and O–H groups in total. The zero-order valence-electron chi connectivity index (χ0n) is 24.9. The molecule has 0 bridgehead atoms. The number of nitrogens with zero attached hydrogens (tertiary/aromatic N) is 3. The number of benzene rings is 2. The Balaban J connectivity index is 1.30. The summed E-state index contributed by atoms with van der Waals surface area (Å²) < 4.78 is 28.8. The standard InChI is InChI=1S/C32H31Cl2N5O6S2/c33-25-16-36-17-26(34)29(25)31(41)37-21-10-8-19(9-11-21)13-27(32(42)43)38-30(40)28-14-23(46-22-5-1-2-6-22)18-39(28)47(44,45)24-7-3-4-20(12-24)15-35/h3-4,7-12,16-17,22-23,27-28H,1-2,5-6,13-14,18H2,(H,37,41)(H,38,40)(H,42,43)/t23?,27-,28-/m0/s1. The van der Waals surface area contributed by atoms with E-state index < -0.39 is 39.9 Å². The average Bonchev–Trinajstić information content (AvgIpc) is 3.72. The molecule has 2 amide bonds. The van der Waals surface area contributed by atoms with Gasteiger partial charge in [-0.25, -0.2) is 13.2 Å². The number of carboxylic acids is 1. The maximum absolute atomic E-state index is 13.8. The molecule has 2 fully saturated rings. The first-order chi connectivity index (χ1) is 22.5. The van der Waals surface area contributed by atoms with Crippen molar-refractivity contribution in [2.24, 2.45) is 0 Å². The molecule has 47 heavy (non-hydrogen) atoms. The highest BCUT2D eigenvalue weighted by Gasteiger charge is 2.45. The van der Waals surface area contributed by atoms with Gasteiger partial charge in [0, 0.05) is 41.5 Å². The summed E-state index contributed by atoms with van der Waals surface area (Å²) in [6.07, 6.45) is 7.02. The third-order valence-electron chi connectivity index (χ3n) is 8.12. The van der Waals surface area contributed by atoms with Gasteiger partial charge in [-0.2, -0.15) is 21.3 Å². The molecule has 2 heterocycles. The van der Waals surface area contributed by atoms with Crippen LogP contribution >= 0.6 is 35.0 Å². The first kappa shape index (κ1) is 34.7. The lowest BCUT2D eigenvalue weighted by Gasteiger charge is -2.25. The average molecular weight is 717 g/mol. The summed E-state index contributed by atoms with van der Waals surface area (Å²) in [6, 6.07) is 11.4. The number of aliphatic carboxylic acids is 1. The topological polar surface area (TPSA) is 170 Å². The SMILES string of the molecule is N#Cc1cccc(S(=O)(=O)N2CC(SC3CCCC3)C[C@H]2C(=O)N[C@@H](Cc2ccc(NC(=O)c3c(Cl)cncc3Cl)cc2)C(=O)O)c1. The molecule has 11 nitrogen and oxygen atoms in total. The molecule has 1 aliphatic carbocycles. The fraction of sp³-hybridized carbons (Fsp3) is 0.344. The molecule has 246 valence electrons. The number of carboxylic acid groups (broad SMARTS) is 1. The van der Waals surface area contributed by atoms with Gasteiger partial charge < -0.3 is 15.7 Å². The van der Waals surface area contributed by atoms with Crippen molar-refractivity contribution in [3.63, 3.8) is 0 Å². The zero-order valence-corrected chi connectivity index (χ0v) is 28.1. The number of nitrogens with one attached hydrogen (secondary N) is 2. The number of aromatic nitrogens is 1. The Morgan fingerprint density at radius 2 is 1.74 bits per heavy atom. The highest BCUT2D eigenvalue weighted by atomic mass is 35.5. The van der Waals surface area contributed by atoms with E-state index >= 15 is 0 Å². The van der Waals surface area contributed by atoms with Crippen molar-refractivity contribution in [2.75, 3.05) is 11.9 Å². The van der Waals surface area contributed by atoms with Gasteiger partial charge in [0.05, 0.1) is 32.1 Å². The predicted molar refractivity (Wildman–Crippen MR) is 179 cm³/mol. The lowest BCUT2D eigenvalue weighted by atomic mass is 10.0. The molecular weight excluding hydrogens is 685 g/mol. The van der Waals surface area contributed by atoms with Crippen LogP contribution in [0.15, 0.2) is 65.8 Å². The molecule has 1 aromatic heterocycles. The van der Waals surface area contributed by atoms with Crippen molar-refractivity contribution >= 4 is 68.5 Å². The van der Waals surface area contributed by atoms with E-state index in [4.69, 9.17) is 23.2 Å². The summed E-state index contributed by atoms with van der Waals surface area (Å²) in [4.78, 5) is 42.4. The minimum Gasteiger partial charge on any atom is -0.480 e. The third kappa shape index (κ3) is 8.25. The summed E-state index contributed by atoms with van der Waals surface area (Å²) >= 11 is 13.8. The molecule has 15 heteroatoms. The number of sulfonamides is 1. The Morgan fingerprint density at radius 3 is 2.38 bits per heavy atom. The van der Waals surface area contributed by atoms with Crippen LogP contribution in [-0.4, -0.2) is 69.7 Å². The maximum Gasteiger partial charge on any atom is 0.326 e. The van der Waals surface area contributed by atoms with Crippen LogP contribution in [0.5, 0.6) is 0 Å². The molecule has 1 saturated carbocycles. The quantitative estimate of drug-likeness (QED) is 0.244. The van der Waals surface area contributed by atoms with E-state index in [1.807, 2.05) is 6.07 Å². The second kappa shape index (κ2) is 15.0. The number of thioether (sulfide) groups is 1. The first-order valence-electron chi connectivity index (χ1n) is 14.9. The number of rotatable bonds is 11. The fourth-order valence-electron chi connectivity index (χ4n) is 5.78. The van der Waals surface area contributed by atoms with Crippen LogP contribution in [0.4, 0.5) is 5.69 Å². The van der Waals surface area contributed by atoms with E-state index in [0.717, 1.165) is 30.0 Å². The van der Waals surface area contributed by atoms with Crippen LogP contribution in [0.2, 0.25) is 10.0 Å². The van der Waals surface area contributed by atoms with Crippen molar-refractivity contribution in [1.29, 1.82) is 5.26 Å². The van der Waals surface area contributed by atoms with Gasteiger partial charge in [0.2, 0.25) is 15.9 Å². The van der Waals surface area contributed by atoms with Crippen LogP contribution in [0.1, 0.15) is 53.6 Å². The molecule has 5 rings (SSSR count). The van der Waals surface area contributed by atoms with Gasteiger partial charge in [0.15, 0.2) is 0 Å². The molecule has 0 spiro atoms. The van der Waals surface area contributed by atoms with Gasteiger partial charge in [-0.3, -0.25) is 14.6 Å². The minimum absolute atomic E-state index is 0.0608. The molecule has 2 aromatic carbocycles. The van der Waals surface area contributed by atoms with E-state index in [1.54, 1.807) is 36.0 Å². The van der Waals surface area contributed by atoms with E-state index in [-0.39, 0.29) is 50.7 Å². The Kier molecular flexibility index (Phi) is 11.1. The number of halogens is 2. The number of amides is 2. The molecule has 1 aliphatic heterocycles. The maximum atomic E-state index is 13.8. The van der Waals surface area contributed by atoms with Gasteiger partial charge in [-0.1, -0.05) is 54.2 Å². The van der Waals surface area contributed by atoms with Crippen LogP contribution in [0, 0.1) is 11.3 Å². The third-order valence-corrected chi connectivity index (χ3v) is 12.2. The second-order valence-electron chi connectivity index (χ2n) is 11.4. The summed E-state index contributed by atoms with van der Waals surface area (Å²) in [7, 11) is -4.18. The smallest absolute Gasteiger partial charge is 0.326 e. The van der Waals surface area contributed by atoms with Crippen LogP contribution < -0.4 is 10.6 Å². The lowest BCUT2D eigenvalue weighted by molar-refractivity contribution is -0.142. The largest absolute Gasteiger partial charge is 0.480 e. The Morgan fingerprint density at radius 1 is 1.06 bits per heavy atom. The molecule has 1 unspecified atom stereocenters. The van der Waals surface area contributed by atoms with Crippen molar-refractivity contribution in [3.05, 3.63) is 87.7 Å². The predicted octanol–water partition coefficient (Wildman–Crippen LogP) is 5.13. The Hall–Kier alpha value is -3.67. The normalized spacial score (nSPS) is 19.2. The van der Waals surface area contributed by atoms with Gasteiger partial charge in [-0.05, 0) is 55.2 Å². The molecule has 0 radical (unpaired) electrons. The molecule has 1 saturated heterocycles. The number of carbonyl (C=O) groups is 3. The van der Waals surface area contributed by atoms with E-state index in [2.05, 4.69) is 15.6 Å². The molecular formula is C32H31Cl2N5O6S2. The number of pyridine rings is 1. The molecule has 3 aromatic rings. The van der Waals surface area contributed by atoms with E-state index in [0.29, 0.717) is 16.5 Å². The monoisotopic (exact) mass is 715 g/mol. The number of anilines is 1. The number of nitriles is 1. The van der Waals surface area contributed by atoms with Crippen molar-refractivity contribution in [1.82, 2.24) is 14.6 Å². The zero-order chi connectivity index (χ0) is 33.7. The Labute approximate surface area is 286 Å². The minimum atomic E-state index is -4.18. The second-order valence-corrected chi connectivity index (χ2v) is 15.7. The summed E-state index contributed by atoms with van der Waals surface area (Å²) in [5, 5.41) is 25.0. The van der Waals surface area contributed by atoms with E-state index in [1.165, 1.54) is 36.7 Å². The highest BCUT2D eigenvalue weighted by molar-refractivity contribution is 8.00. The van der Waals surface area contributed by atoms with Crippen molar-refractivity contribution < 1.29 is 27.9 Å². The first-order valence-corrected chi connectivity index (χ1v) is 18.0. The summed E-state index contributed by atoms with van der Waals surface area (Å²) in [5.74, 6) is -2.55. The fourth-order valence-corrected chi connectivity index (χ4v) is 9.79. The van der Waals surface area contributed by atoms with Crippen molar-refractivity contribution in [2.45, 2.75) is 66.0 Å². The number of hydrogen-bond acceptors (Lipinski definition) is 8. The number of hydrogen-bond donors (Lipinski definition) is 3. The summed E-state index contributed by atoms with van der Waals surface area (Å²) in [6.45, 7) is 0.0964. The number of carbonyl (C=O) groups excluding carboxylic acids is 2. The van der Waals surface area contributed by atoms with Gasteiger partial charge in [0.25, 0.3) is 5.91 Å². The van der Waals surface area contributed by atoms with Crippen LogP contribution in [-0.2, 0) is 26.0 Å². The van der Waals surface area contributed by atoms with Gasteiger partial charge in [0.1, 0.15) is 12.1 Å². The van der Waals surface area contributed by atoms with Gasteiger partial charge >= 0.3 is 5.97 Å². The van der Waals surface area contributed by atoms with Crippen LogP contribution in [0.25, 0.3) is 0 Å². The van der Waals surface area contributed by atoms with Crippen LogP contribution in [0.3, 0.4) is 0 Å². The van der Waals surface area contributed by atoms with E-state index in [9.17, 15) is 33.2 Å².